The molecule has 5 heteroatoms. The van der Waals surface area contributed by atoms with E-state index in [4.69, 9.17) is 4.42 Å². The van der Waals surface area contributed by atoms with Crippen molar-refractivity contribution in [2.75, 3.05) is 5.32 Å². The fourth-order valence-corrected chi connectivity index (χ4v) is 2.81. The zero-order chi connectivity index (χ0) is 19.2. The summed E-state index contributed by atoms with van der Waals surface area (Å²) in [5.41, 5.74) is 4.60. The van der Waals surface area contributed by atoms with E-state index in [2.05, 4.69) is 60.6 Å². The van der Waals surface area contributed by atoms with Crippen molar-refractivity contribution in [1.29, 1.82) is 0 Å². The summed E-state index contributed by atoms with van der Waals surface area (Å²) in [4.78, 5) is 12.2. The van der Waals surface area contributed by atoms with Gasteiger partial charge in [-0.25, -0.2) is 0 Å². The molecule has 1 amide bonds. The standard InChI is InChI=1S/C22H25N3O2/c1-4-16-5-7-17(8-6-16)13-20(26)23-22-25-24-21(27-22)14-18-9-11-19(12-10-18)15(2)3/h5-12,15H,4,13-14H2,1-3H3,(H,23,25,26). The summed E-state index contributed by atoms with van der Waals surface area (Å²) in [5.74, 6) is 0.813. The van der Waals surface area contributed by atoms with Crippen molar-refractivity contribution < 1.29 is 9.21 Å². The fourth-order valence-electron chi connectivity index (χ4n) is 2.81. The van der Waals surface area contributed by atoms with Gasteiger partial charge < -0.3 is 4.42 Å². The van der Waals surface area contributed by atoms with Crippen molar-refractivity contribution in [2.24, 2.45) is 0 Å². The number of carbonyl (C=O) groups is 1. The van der Waals surface area contributed by atoms with Crippen LogP contribution in [0.15, 0.2) is 52.9 Å². The Morgan fingerprint density at radius 1 is 0.963 bits per heavy atom. The molecule has 2 aromatic carbocycles. The maximum absolute atomic E-state index is 12.2. The number of benzene rings is 2. The molecule has 0 radical (unpaired) electrons. The topological polar surface area (TPSA) is 68.0 Å². The molecule has 0 saturated carbocycles. The Balaban J connectivity index is 1.55. The van der Waals surface area contributed by atoms with Gasteiger partial charge in [-0.1, -0.05) is 74.4 Å². The Hall–Kier alpha value is -2.95. The number of hydrogen-bond donors (Lipinski definition) is 1. The van der Waals surface area contributed by atoms with Crippen LogP contribution < -0.4 is 5.32 Å². The van der Waals surface area contributed by atoms with Crippen molar-refractivity contribution >= 4 is 11.9 Å². The lowest BCUT2D eigenvalue weighted by Gasteiger charge is -2.05. The summed E-state index contributed by atoms with van der Waals surface area (Å²) in [6.07, 6.45) is 1.80. The van der Waals surface area contributed by atoms with Crippen molar-refractivity contribution in [2.45, 2.75) is 46.0 Å². The molecule has 0 aliphatic rings. The van der Waals surface area contributed by atoms with E-state index in [0.29, 0.717) is 18.2 Å². The lowest BCUT2D eigenvalue weighted by atomic mass is 10.0. The van der Waals surface area contributed by atoms with Gasteiger partial charge in [-0.3, -0.25) is 10.1 Å². The fraction of sp³-hybridized carbons (Fsp3) is 0.318. The van der Waals surface area contributed by atoms with Crippen LogP contribution in [0.4, 0.5) is 6.01 Å². The first-order valence-corrected chi connectivity index (χ1v) is 9.32. The van der Waals surface area contributed by atoms with E-state index in [1.807, 2.05) is 24.3 Å². The summed E-state index contributed by atoms with van der Waals surface area (Å²) in [6, 6.07) is 16.5. The van der Waals surface area contributed by atoms with E-state index in [9.17, 15) is 4.79 Å². The third-order valence-corrected chi connectivity index (χ3v) is 4.51. The van der Waals surface area contributed by atoms with Crippen molar-refractivity contribution in [1.82, 2.24) is 10.2 Å². The number of carbonyl (C=O) groups excluding carboxylic acids is 1. The Morgan fingerprint density at radius 2 is 1.59 bits per heavy atom. The molecule has 0 aliphatic heterocycles. The van der Waals surface area contributed by atoms with Crippen LogP contribution in [0.5, 0.6) is 0 Å². The molecule has 3 aromatic rings. The maximum Gasteiger partial charge on any atom is 0.322 e. The predicted octanol–water partition coefficient (Wildman–Crippen LogP) is 4.53. The van der Waals surface area contributed by atoms with E-state index in [1.165, 1.54) is 11.1 Å². The van der Waals surface area contributed by atoms with E-state index >= 15 is 0 Å². The zero-order valence-electron chi connectivity index (χ0n) is 16.0. The first-order valence-electron chi connectivity index (χ1n) is 9.32. The van der Waals surface area contributed by atoms with Gasteiger partial charge in [0, 0.05) is 0 Å². The van der Waals surface area contributed by atoms with E-state index in [-0.39, 0.29) is 18.3 Å². The molecule has 140 valence electrons. The van der Waals surface area contributed by atoms with Gasteiger partial charge in [-0.15, -0.1) is 5.10 Å². The summed E-state index contributed by atoms with van der Waals surface area (Å²) in [7, 11) is 0. The van der Waals surface area contributed by atoms with Gasteiger partial charge in [-0.05, 0) is 34.6 Å². The molecule has 0 aliphatic carbocycles. The second-order valence-electron chi connectivity index (χ2n) is 6.97. The summed E-state index contributed by atoms with van der Waals surface area (Å²) in [5, 5.41) is 10.6. The van der Waals surface area contributed by atoms with Gasteiger partial charge in [0.15, 0.2) is 0 Å². The van der Waals surface area contributed by atoms with Gasteiger partial charge in [0.05, 0.1) is 12.8 Å². The molecular weight excluding hydrogens is 338 g/mol. The zero-order valence-corrected chi connectivity index (χ0v) is 16.0. The Labute approximate surface area is 159 Å². The maximum atomic E-state index is 12.2. The molecule has 1 N–H and O–H groups in total. The highest BCUT2D eigenvalue weighted by molar-refractivity contribution is 5.90. The van der Waals surface area contributed by atoms with Crippen LogP contribution in [0.2, 0.25) is 0 Å². The van der Waals surface area contributed by atoms with Crippen molar-refractivity contribution in [3.8, 4) is 0 Å². The SMILES string of the molecule is CCc1ccc(CC(=O)Nc2nnc(Cc3ccc(C(C)C)cc3)o2)cc1. The monoisotopic (exact) mass is 363 g/mol. The lowest BCUT2D eigenvalue weighted by Crippen LogP contribution is -2.14. The molecule has 0 bridgehead atoms. The van der Waals surface area contributed by atoms with E-state index in [1.54, 1.807) is 0 Å². The number of amides is 1. The first-order chi connectivity index (χ1) is 13.0. The minimum absolute atomic E-state index is 0.138. The quantitative estimate of drug-likeness (QED) is 0.670. The smallest absolute Gasteiger partial charge is 0.322 e. The summed E-state index contributed by atoms with van der Waals surface area (Å²) in [6.45, 7) is 6.44. The molecule has 5 nitrogen and oxygen atoms in total. The number of aromatic nitrogens is 2. The van der Waals surface area contributed by atoms with E-state index in [0.717, 1.165) is 17.5 Å². The Morgan fingerprint density at radius 3 is 2.22 bits per heavy atom. The highest BCUT2D eigenvalue weighted by Gasteiger charge is 2.11. The van der Waals surface area contributed by atoms with Crippen LogP contribution in [0.3, 0.4) is 0 Å². The third-order valence-electron chi connectivity index (χ3n) is 4.51. The van der Waals surface area contributed by atoms with Crippen LogP contribution >= 0.6 is 0 Å². The van der Waals surface area contributed by atoms with Crippen LogP contribution in [-0.2, 0) is 24.1 Å². The minimum Gasteiger partial charge on any atom is -0.407 e. The number of nitrogens with zero attached hydrogens (tertiary/aromatic N) is 2. The molecule has 0 unspecified atom stereocenters. The van der Waals surface area contributed by atoms with Gasteiger partial charge in [0.25, 0.3) is 0 Å². The molecule has 1 aromatic heterocycles. The highest BCUT2D eigenvalue weighted by Crippen LogP contribution is 2.17. The molecule has 27 heavy (non-hydrogen) atoms. The summed E-state index contributed by atoms with van der Waals surface area (Å²) < 4.78 is 5.56. The number of aryl methyl sites for hydroxylation is 1. The molecule has 0 saturated heterocycles. The van der Waals surface area contributed by atoms with Gasteiger partial charge in [0.2, 0.25) is 11.8 Å². The number of rotatable bonds is 7. The highest BCUT2D eigenvalue weighted by atomic mass is 16.4. The lowest BCUT2D eigenvalue weighted by molar-refractivity contribution is -0.115. The average molecular weight is 363 g/mol. The normalized spacial score (nSPS) is 11.0. The van der Waals surface area contributed by atoms with Crippen LogP contribution in [0, 0.1) is 0 Å². The third kappa shape index (κ3) is 5.26. The van der Waals surface area contributed by atoms with Crippen LogP contribution in [0.25, 0.3) is 0 Å². The molecule has 3 rings (SSSR count). The van der Waals surface area contributed by atoms with Gasteiger partial charge in [0.1, 0.15) is 0 Å². The van der Waals surface area contributed by atoms with E-state index < -0.39 is 0 Å². The predicted molar refractivity (Wildman–Crippen MR) is 106 cm³/mol. The van der Waals surface area contributed by atoms with Crippen LogP contribution in [-0.4, -0.2) is 16.1 Å². The number of nitrogens with one attached hydrogen (secondary N) is 1. The summed E-state index contributed by atoms with van der Waals surface area (Å²) >= 11 is 0. The van der Waals surface area contributed by atoms with Gasteiger partial charge >= 0.3 is 6.01 Å². The molecule has 0 atom stereocenters. The average Bonchev–Trinajstić information content (AvgIpc) is 3.09. The second-order valence-corrected chi connectivity index (χ2v) is 6.97. The van der Waals surface area contributed by atoms with Gasteiger partial charge in [-0.2, -0.15) is 0 Å². The van der Waals surface area contributed by atoms with Crippen molar-refractivity contribution in [3.63, 3.8) is 0 Å². The number of hydrogen-bond acceptors (Lipinski definition) is 4. The molecule has 1 heterocycles. The van der Waals surface area contributed by atoms with Crippen LogP contribution in [0.1, 0.15) is 54.8 Å². The molecule has 0 fully saturated rings. The molecule has 0 spiro atoms. The minimum atomic E-state index is -0.171. The van der Waals surface area contributed by atoms with Crippen molar-refractivity contribution in [3.05, 3.63) is 76.7 Å². The largest absolute Gasteiger partial charge is 0.407 e. The Kier molecular flexibility index (Phi) is 6.01. The Bertz CT molecular complexity index is 881. The molecular formula is C22H25N3O2. The first kappa shape index (κ1) is 18.8. The number of anilines is 1. The second kappa shape index (κ2) is 8.62.